The number of ether oxygens (including phenoxy) is 2. The third-order valence-corrected chi connectivity index (χ3v) is 8.46. The van der Waals surface area contributed by atoms with Crippen LogP contribution in [0, 0.1) is 5.92 Å². The molecule has 4 rings (SSSR count). The summed E-state index contributed by atoms with van der Waals surface area (Å²) in [5, 5.41) is 8.64. The monoisotopic (exact) mass is 570 g/mol. The predicted molar refractivity (Wildman–Crippen MR) is 154 cm³/mol. The van der Waals surface area contributed by atoms with Crippen LogP contribution < -0.4 is 16.0 Å². The lowest BCUT2D eigenvalue weighted by Crippen LogP contribution is -2.57. The van der Waals surface area contributed by atoms with Crippen molar-refractivity contribution in [1.82, 2.24) is 20.9 Å². The van der Waals surface area contributed by atoms with Crippen molar-refractivity contribution in [3.05, 3.63) is 35.9 Å². The second kappa shape index (κ2) is 14.9. The average Bonchev–Trinajstić information content (AvgIpc) is 3.74. The maximum Gasteiger partial charge on any atom is 0.243 e. The molecule has 0 bridgehead atoms. The lowest BCUT2D eigenvalue weighted by Gasteiger charge is -2.29. The van der Waals surface area contributed by atoms with Gasteiger partial charge in [-0.25, -0.2) is 0 Å². The number of aryl methyl sites for hydroxylation is 1. The van der Waals surface area contributed by atoms with E-state index in [1.165, 1.54) is 6.42 Å². The predicted octanol–water partition coefficient (Wildman–Crippen LogP) is 1.75. The van der Waals surface area contributed by atoms with Crippen molar-refractivity contribution in [1.29, 1.82) is 0 Å². The quantitative estimate of drug-likeness (QED) is 0.291. The van der Waals surface area contributed by atoms with Crippen LogP contribution in [0.25, 0.3) is 0 Å². The van der Waals surface area contributed by atoms with Crippen molar-refractivity contribution in [3.8, 4) is 0 Å². The van der Waals surface area contributed by atoms with Crippen LogP contribution in [-0.2, 0) is 35.1 Å². The number of morpholine rings is 1. The SMILES string of the molecule is C[C@H](NC(=O)CN1CCOCC1)C(=O)N[C@@H](CC1CCCCC1)C(=O)N[C@@H](CCc1ccccc1)C(=O)[C@@]1(C)CO1. The van der Waals surface area contributed by atoms with Crippen molar-refractivity contribution in [3.63, 3.8) is 0 Å². The van der Waals surface area contributed by atoms with E-state index in [2.05, 4.69) is 16.0 Å². The number of carbonyl (C=O) groups is 4. The number of nitrogens with one attached hydrogen (secondary N) is 3. The minimum atomic E-state index is -0.879. The molecule has 10 nitrogen and oxygen atoms in total. The van der Waals surface area contributed by atoms with Gasteiger partial charge in [0.1, 0.15) is 17.7 Å². The Morgan fingerprint density at radius 3 is 2.27 bits per heavy atom. The number of amides is 3. The molecule has 3 N–H and O–H groups in total. The second-order valence-corrected chi connectivity index (χ2v) is 11.9. The molecule has 3 amide bonds. The van der Waals surface area contributed by atoms with E-state index in [0.29, 0.717) is 58.1 Å². The van der Waals surface area contributed by atoms with Gasteiger partial charge in [0.25, 0.3) is 0 Å². The summed E-state index contributed by atoms with van der Waals surface area (Å²) in [6, 6.07) is 7.51. The molecule has 41 heavy (non-hydrogen) atoms. The smallest absolute Gasteiger partial charge is 0.243 e. The van der Waals surface area contributed by atoms with E-state index in [1.807, 2.05) is 35.2 Å². The first-order chi connectivity index (χ1) is 19.7. The number of benzene rings is 1. The summed E-state index contributed by atoms with van der Waals surface area (Å²) in [5.41, 5.74) is 0.200. The van der Waals surface area contributed by atoms with Crippen LogP contribution in [0.15, 0.2) is 30.3 Å². The van der Waals surface area contributed by atoms with Gasteiger partial charge >= 0.3 is 0 Å². The number of hydrogen-bond acceptors (Lipinski definition) is 7. The summed E-state index contributed by atoms with van der Waals surface area (Å²) in [6.07, 6.45) is 6.97. The molecule has 10 heteroatoms. The highest BCUT2D eigenvalue weighted by Gasteiger charge is 2.50. The van der Waals surface area contributed by atoms with Crippen LogP contribution in [-0.4, -0.2) is 91.6 Å². The summed E-state index contributed by atoms with van der Waals surface area (Å²) in [4.78, 5) is 54.8. The maximum absolute atomic E-state index is 13.7. The Bertz CT molecular complexity index is 1030. The van der Waals surface area contributed by atoms with Gasteiger partial charge in [-0.05, 0) is 44.6 Å². The van der Waals surface area contributed by atoms with Gasteiger partial charge in [-0.2, -0.15) is 0 Å². The molecule has 1 saturated carbocycles. The standard InChI is InChI=1S/C31H46N4O6/c1-22(32-27(36)20-35-15-17-40-18-16-35)29(38)34-26(19-24-11-7-4-8-12-24)30(39)33-25(28(37)31(2)21-41-31)14-13-23-9-5-3-6-10-23/h3,5-6,9-10,22,24-26H,4,7-8,11-21H2,1-2H3,(H,32,36)(H,33,39)(H,34,38)/t22-,25-,26-,31+/m0/s1. The first-order valence-electron chi connectivity index (χ1n) is 15.2. The van der Waals surface area contributed by atoms with Crippen LogP contribution in [0.5, 0.6) is 0 Å². The highest BCUT2D eigenvalue weighted by Crippen LogP contribution is 2.30. The van der Waals surface area contributed by atoms with Crippen molar-refractivity contribution in [2.45, 2.75) is 88.9 Å². The number of hydrogen-bond donors (Lipinski definition) is 3. The maximum atomic E-state index is 13.7. The number of Topliss-reactive ketones (excluding diaryl/α,β-unsaturated/α-hetero) is 1. The van der Waals surface area contributed by atoms with E-state index in [1.54, 1.807) is 13.8 Å². The zero-order valence-electron chi connectivity index (χ0n) is 24.5. The fourth-order valence-corrected chi connectivity index (χ4v) is 5.72. The Morgan fingerprint density at radius 1 is 0.951 bits per heavy atom. The van der Waals surface area contributed by atoms with Gasteiger partial charge in [0.2, 0.25) is 17.7 Å². The van der Waals surface area contributed by atoms with E-state index in [0.717, 1.165) is 31.2 Å². The van der Waals surface area contributed by atoms with Crippen LogP contribution in [0.4, 0.5) is 0 Å². The van der Waals surface area contributed by atoms with Gasteiger partial charge in [0.15, 0.2) is 5.78 Å². The molecule has 0 unspecified atom stereocenters. The molecular formula is C31H46N4O6. The Hall–Kier alpha value is -2.82. The van der Waals surface area contributed by atoms with Gasteiger partial charge < -0.3 is 25.4 Å². The molecule has 0 spiro atoms. The average molecular weight is 571 g/mol. The number of carbonyl (C=O) groups excluding carboxylic acids is 4. The van der Waals surface area contributed by atoms with Crippen LogP contribution in [0.3, 0.4) is 0 Å². The minimum Gasteiger partial charge on any atom is -0.379 e. The van der Waals surface area contributed by atoms with Gasteiger partial charge in [0.05, 0.1) is 32.4 Å². The summed E-state index contributed by atoms with van der Waals surface area (Å²) in [7, 11) is 0. The topological polar surface area (TPSA) is 129 Å². The van der Waals surface area contributed by atoms with Crippen LogP contribution >= 0.6 is 0 Å². The van der Waals surface area contributed by atoms with Gasteiger partial charge in [-0.3, -0.25) is 24.1 Å². The Labute approximate surface area is 243 Å². The zero-order valence-corrected chi connectivity index (χ0v) is 24.5. The molecular weight excluding hydrogens is 524 g/mol. The molecule has 4 atom stereocenters. The molecule has 0 aromatic heterocycles. The molecule has 3 fully saturated rings. The molecule has 3 aliphatic rings. The van der Waals surface area contributed by atoms with Crippen molar-refractivity contribution in [2.24, 2.45) is 5.92 Å². The molecule has 1 aromatic rings. The van der Waals surface area contributed by atoms with Gasteiger partial charge in [0, 0.05) is 13.1 Å². The summed E-state index contributed by atoms with van der Waals surface area (Å²) in [6.45, 7) is 6.42. The number of epoxide rings is 1. The number of nitrogens with zero attached hydrogens (tertiary/aromatic N) is 1. The Balaban J connectivity index is 1.39. The largest absolute Gasteiger partial charge is 0.379 e. The van der Waals surface area contributed by atoms with E-state index in [9.17, 15) is 19.2 Å². The Morgan fingerprint density at radius 2 is 1.61 bits per heavy atom. The van der Waals surface area contributed by atoms with Gasteiger partial charge in [-0.1, -0.05) is 62.4 Å². The number of ketones is 1. The highest BCUT2D eigenvalue weighted by molar-refractivity contribution is 5.98. The van der Waals surface area contributed by atoms with Crippen LogP contribution in [0.1, 0.15) is 64.4 Å². The normalized spacial score (nSPS) is 23.6. The zero-order chi connectivity index (χ0) is 29.2. The summed E-state index contributed by atoms with van der Waals surface area (Å²) >= 11 is 0. The number of rotatable bonds is 14. The molecule has 1 aromatic carbocycles. The molecule has 2 saturated heterocycles. The van der Waals surface area contributed by atoms with Crippen molar-refractivity contribution < 1.29 is 28.7 Å². The molecule has 226 valence electrons. The van der Waals surface area contributed by atoms with Crippen LogP contribution in [0.2, 0.25) is 0 Å². The summed E-state index contributed by atoms with van der Waals surface area (Å²) in [5.74, 6) is -0.860. The van der Waals surface area contributed by atoms with Crippen molar-refractivity contribution >= 4 is 23.5 Å². The fraction of sp³-hybridized carbons (Fsp3) is 0.677. The first-order valence-corrected chi connectivity index (χ1v) is 15.2. The molecule has 2 heterocycles. The third kappa shape index (κ3) is 9.61. The first kappa shape index (κ1) is 31.1. The van der Waals surface area contributed by atoms with E-state index >= 15 is 0 Å². The molecule has 2 aliphatic heterocycles. The molecule has 1 aliphatic carbocycles. The van der Waals surface area contributed by atoms with Crippen molar-refractivity contribution in [2.75, 3.05) is 39.5 Å². The second-order valence-electron chi connectivity index (χ2n) is 11.9. The Kier molecular flexibility index (Phi) is 11.3. The lowest BCUT2D eigenvalue weighted by molar-refractivity contribution is -0.134. The highest BCUT2D eigenvalue weighted by atomic mass is 16.6. The minimum absolute atomic E-state index is 0.145. The molecule has 0 radical (unpaired) electrons. The third-order valence-electron chi connectivity index (χ3n) is 8.46. The fourth-order valence-electron chi connectivity index (χ4n) is 5.72. The lowest BCUT2D eigenvalue weighted by atomic mass is 9.84. The van der Waals surface area contributed by atoms with E-state index in [4.69, 9.17) is 9.47 Å². The summed E-state index contributed by atoms with van der Waals surface area (Å²) < 4.78 is 10.7. The van der Waals surface area contributed by atoms with E-state index < -0.39 is 29.6 Å². The van der Waals surface area contributed by atoms with Gasteiger partial charge in [-0.15, -0.1) is 0 Å². The van der Waals surface area contributed by atoms with E-state index in [-0.39, 0.29) is 24.1 Å².